The molecule has 0 saturated heterocycles. The van der Waals surface area contributed by atoms with Crippen LogP contribution in [0.2, 0.25) is 0 Å². The van der Waals surface area contributed by atoms with E-state index in [4.69, 9.17) is 4.74 Å². The fraction of sp³-hybridized carbons (Fsp3) is 0.200. The Bertz CT molecular complexity index is 447. The van der Waals surface area contributed by atoms with E-state index in [0.717, 1.165) is 11.3 Å². The lowest BCUT2D eigenvalue weighted by atomic mass is 10.2. The smallest absolute Gasteiger partial charge is 0.143 e. The zero-order valence-electron chi connectivity index (χ0n) is 7.54. The van der Waals surface area contributed by atoms with Crippen LogP contribution >= 0.6 is 22.6 Å². The molecule has 68 valence electrons. The Morgan fingerprint density at radius 2 is 2.08 bits per heavy atom. The normalized spacial score (nSPS) is 10.7. The minimum Gasteiger partial charge on any atom is -0.495 e. The highest BCUT2D eigenvalue weighted by Crippen LogP contribution is 2.29. The zero-order chi connectivity index (χ0) is 9.42. The molecule has 2 rings (SSSR count). The van der Waals surface area contributed by atoms with Gasteiger partial charge < -0.3 is 9.30 Å². The summed E-state index contributed by atoms with van der Waals surface area (Å²) in [7, 11) is 3.73. The number of aryl methyl sites for hydroxylation is 1. The monoisotopic (exact) mass is 287 g/mol. The first-order valence-corrected chi connectivity index (χ1v) is 5.09. The van der Waals surface area contributed by atoms with Gasteiger partial charge in [0, 0.05) is 22.2 Å². The fourth-order valence-corrected chi connectivity index (χ4v) is 2.13. The molecule has 0 atom stereocenters. The lowest BCUT2D eigenvalue weighted by molar-refractivity contribution is 0.418. The van der Waals surface area contributed by atoms with Crippen LogP contribution in [-0.2, 0) is 7.05 Å². The Labute approximate surface area is 90.6 Å². The molecule has 3 heteroatoms. The third-order valence-electron chi connectivity index (χ3n) is 2.16. The van der Waals surface area contributed by atoms with Gasteiger partial charge in [-0.2, -0.15) is 0 Å². The predicted octanol–water partition coefficient (Wildman–Crippen LogP) is 2.79. The number of hydrogen-bond donors (Lipinski definition) is 0. The van der Waals surface area contributed by atoms with E-state index in [0.29, 0.717) is 0 Å². The maximum absolute atomic E-state index is 5.30. The molecule has 0 N–H and O–H groups in total. The third-order valence-corrected chi connectivity index (χ3v) is 3.10. The van der Waals surface area contributed by atoms with E-state index in [1.165, 1.54) is 8.96 Å². The standard InChI is InChI=1S/C10H10INO/c1-12-6-5-7-8(11)3-4-9(13-2)10(7)12/h3-6H,1-2H3. The first-order chi connectivity index (χ1) is 6.24. The number of halogens is 1. The van der Waals surface area contributed by atoms with Crippen molar-refractivity contribution in [1.82, 2.24) is 4.57 Å². The quantitative estimate of drug-likeness (QED) is 0.736. The van der Waals surface area contributed by atoms with Crippen molar-refractivity contribution < 1.29 is 4.74 Å². The highest BCUT2D eigenvalue weighted by molar-refractivity contribution is 14.1. The van der Waals surface area contributed by atoms with Gasteiger partial charge in [-0.05, 0) is 40.8 Å². The van der Waals surface area contributed by atoms with Crippen LogP contribution < -0.4 is 4.74 Å². The van der Waals surface area contributed by atoms with Gasteiger partial charge in [0.05, 0.1) is 12.6 Å². The molecule has 0 aliphatic heterocycles. The van der Waals surface area contributed by atoms with Gasteiger partial charge in [0.15, 0.2) is 0 Å². The summed E-state index contributed by atoms with van der Waals surface area (Å²) >= 11 is 2.34. The maximum atomic E-state index is 5.30. The first kappa shape index (κ1) is 8.87. The van der Waals surface area contributed by atoms with Crippen LogP contribution in [0.3, 0.4) is 0 Å². The van der Waals surface area contributed by atoms with Crippen molar-refractivity contribution in [3.8, 4) is 5.75 Å². The molecule has 0 spiro atoms. The molecule has 0 amide bonds. The molecular formula is C10H10INO. The molecule has 13 heavy (non-hydrogen) atoms. The molecule has 1 heterocycles. The Hall–Kier alpha value is -0.710. The molecule has 0 aliphatic carbocycles. The van der Waals surface area contributed by atoms with E-state index in [9.17, 15) is 0 Å². The largest absolute Gasteiger partial charge is 0.495 e. The summed E-state index contributed by atoms with van der Waals surface area (Å²) in [5.41, 5.74) is 1.16. The molecule has 0 aliphatic rings. The van der Waals surface area contributed by atoms with Crippen molar-refractivity contribution in [1.29, 1.82) is 0 Å². The molecule has 2 nitrogen and oxygen atoms in total. The van der Waals surface area contributed by atoms with Gasteiger partial charge in [-0.3, -0.25) is 0 Å². The van der Waals surface area contributed by atoms with Crippen LogP contribution in [0.1, 0.15) is 0 Å². The zero-order valence-corrected chi connectivity index (χ0v) is 9.70. The summed E-state index contributed by atoms with van der Waals surface area (Å²) in [5, 5.41) is 1.25. The number of fused-ring (bicyclic) bond motifs is 1. The minimum absolute atomic E-state index is 0.933. The lowest BCUT2D eigenvalue weighted by Crippen LogP contribution is -1.90. The summed E-state index contributed by atoms with van der Waals surface area (Å²) in [6.07, 6.45) is 2.05. The Morgan fingerprint density at radius 1 is 1.31 bits per heavy atom. The first-order valence-electron chi connectivity index (χ1n) is 4.01. The topological polar surface area (TPSA) is 14.2 Å². The molecule has 0 bridgehead atoms. The lowest BCUT2D eigenvalue weighted by Gasteiger charge is -2.05. The molecule has 0 unspecified atom stereocenters. The van der Waals surface area contributed by atoms with E-state index in [1.54, 1.807) is 7.11 Å². The summed E-state index contributed by atoms with van der Waals surface area (Å²) in [6.45, 7) is 0. The summed E-state index contributed by atoms with van der Waals surface area (Å²) in [4.78, 5) is 0. The van der Waals surface area contributed by atoms with Gasteiger partial charge >= 0.3 is 0 Å². The van der Waals surface area contributed by atoms with Crippen molar-refractivity contribution in [2.24, 2.45) is 7.05 Å². The average Bonchev–Trinajstić information content (AvgIpc) is 2.51. The van der Waals surface area contributed by atoms with Crippen molar-refractivity contribution in [3.63, 3.8) is 0 Å². The number of benzene rings is 1. The maximum Gasteiger partial charge on any atom is 0.143 e. The second-order valence-electron chi connectivity index (χ2n) is 2.94. The van der Waals surface area contributed by atoms with Gasteiger partial charge in [-0.15, -0.1) is 0 Å². The molecule has 0 saturated carbocycles. The van der Waals surface area contributed by atoms with Crippen LogP contribution in [0.15, 0.2) is 24.4 Å². The SMILES string of the molecule is COc1ccc(I)c2ccn(C)c12. The van der Waals surface area contributed by atoms with Crippen LogP contribution in [0.25, 0.3) is 10.9 Å². The van der Waals surface area contributed by atoms with E-state index >= 15 is 0 Å². The number of hydrogen-bond acceptors (Lipinski definition) is 1. The Balaban J connectivity index is 2.88. The van der Waals surface area contributed by atoms with E-state index in [-0.39, 0.29) is 0 Å². The highest BCUT2D eigenvalue weighted by Gasteiger charge is 2.07. The van der Waals surface area contributed by atoms with Crippen molar-refractivity contribution in [2.45, 2.75) is 0 Å². The van der Waals surface area contributed by atoms with Gasteiger partial charge in [0.2, 0.25) is 0 Å². The molecule has 2 aromatic rings. The van der Waals surface area contributed by atoms with Crippen LogP contribution in [0.5, 0.6) is 5.75 Å². The second-order valence-corrected chi connectivity index (χ2v) is 4.10. The Kier molecular flexibility index (Phi) is 2.19. The van der Waals surface area contributed by atoms with Gasteiger partial charge in [-0.1, -0.05) is 0 Å². The van der Waals surface area contributed by atoms with Gasteiger partial charge in [-0.25, -0.2) is 0 Å². The van der Waals surface area contributed by atoms with Crippen molar-refractivity contribution in [2.75, 3.05) is 7.11 Å². The average molecular weight is 287 g/mol. The molecule has 0 fully saturated rings. The predicted molar refractivity (Wildman–Crippen MR) is 62.2 cm³/mol. The van der Waals surface area contributed by atoms with Crippen molar-refractivity contribution >= 4 is 33.5 Å². The number of nitrogens with zero attached hydrogens (tertiary/aromatic N) is 1. The molecule has 0 radical (unpaired) electrons. The second kappa shape index (κ2) is 3.21. The third kappa shape index (κ3) is 1.31. The number of aromatic nitrogens is 1. The van der Waals surface area contributed by atoms with Crippen LogP contribution in [-0.4, -0.2) is 11.7 Å². The summed E-state index contributed by atoms with van der Waals surface area (Å²) in [5.74, 6) is 0.933. The minimum atomic E-state index is 0.933. The van der Waals surface area contributed by atoms with Crippen LogP contribution in [0.4, 0.5) is 0 Å². The van der Waals surface area contributed by atoms with Crippen LogP contribution in [0, 0.1) is 3.57 Å². The molecule has 1 aromatic carbocycles. The van der Waals surface area contributed by atoms with E-state index < -0.39 is 0 Å². The summed E-state index contributed by atoms with van der Waals surface area (Å²) < 4.78 is 8.64. The van der Waals surface area contributed by atoms with Gasteiger partial charge in [0.25, 0.3) is 0 Å². The van der Waals surface area contributed by atoms with E-state index in [2.05, 4.69) is 45.5 Å². The molecule has 1 aromatic heterocycles. The number of ether oxygens (including phenoxy) is 1. The van der Waals surface area contributed by atoms with Crippen molar-refractivity contribution in [3.05, 3.63) is 28.0 Å². The number of methoxy groups -OCH3 is 1. The fourth-order valence-electron chi connectivity index (χ4n) is 1.51. The summed E-state index contributed by atoms with van der Waals surface area (Å²) in [6, 6.07) is 6.19. The number of rotatable bonds is 1. The molecular weight excluding hydrogens is 277 g/mol. The highest BCUT2D eigenvalue weighted by atomic mass is 127. The van der Waals surface area contributed by atoms with E-state index in [1.807, 2.05) is 13.1 Å². The Morgan fingerprint density at radius 3 is 2.77 bits per heavy atom. The van der Waals surface area contributed by atoms with Gasteiger partial charge in [0.1, 0.15) is 5.75 Å².